The first-order valence-electron chi connectivity index (χ1n) is 7.22. The molecule has 5 heteroatoms. The molecule has 0 spiro atoms. The quantitative estimate of drug-likeness (QED) is 0.866. The Labute approximate surface area is 133 Å². The van der Waals surface area contributed by atoms with E-state index in [0.717, 1.165) is 29.6 Å². The number of pyridine rings is 1. The van der Waals surface area contributed by atoms with Crippen LogP contribution in [0.2, 0.25) is 0 Å². The fourth-order valence-electron chi connectivity index (χ4n) is 2.30. The summed E-state index contributed by atoms with van der Waals surface area (Å²) in [7, 11) is 0. The van der Waals surface area contributed by atoms with Gasteiger partial charge >= 0.3 is 0 Å². The minimum absolute atomic E-state index is 0.0677. The first kappa shape index (κ1) is 15.8. The van der Waals surface area contributed by atoms with Gasteiger partial charge in [-0.1, -0.05) is 19.9 Å². The molecule has 0 atom stereocenters. The van der Waals surface area contributed by atoms with Gasteiger partial charge in [0.15, 0.2) is 0 Å². The van der Waals surface area contributed by atoms with E-state index in [1.165, 1.54) is 5.56 Å². The van der Waals surface area contributed by atoms with Gasteiger partial charge in [-0.05, 0) is 46.5 Å². The average molecular weight is 350 g/mol. The summed E-state index contributed by atoms with van der Waals surface area (Å²) in [5, 5.41) is 2.96. The highest BCUT2D eigenvalue weighted by Crippen LogP contribution is 2.16. The SMILES string of the molecule is CCCn1cc(Br)cc1C(=O)NCc1ncccc1CC. The Hall–Kier alpha value is -1.62. The number of nitrogens with one attached hydrogen (secondary N) is 1. The Balaban J connectivity index is 2.08. The number of halogens is 1. The second kappa shape index (κ2) is 7.41. The topological polar surface area (TPSA) is 46.9 Å². The normalized spacial score (nSPS) is 10.6. The van der Waals surface area contributed by atoms with Crippen LogP contribution in [0.5, 0.6) is 0 Å². The summed E-state index contributed by atoms with van der Waals surface area (Å²) in [6, 6.07) is 5.82. The van der Waals surface area contributed by atoms with Crippen molar-refractivity contribution in [3.8, 4) is 0 Å². The van der Waals surface area contributed by atoms with E-state index in [9.17, 15) is 4.79 Å². The lowest BCUT2D eigenvalue weighted by molar-refractivity contribution is 0.0941. The summed E-state index contributed by atoms with van der Waals surface area (Å²) in [5.41, 5.74) is 2.78. The first-order chi connectivity index (χ1) is 10.2. The number of rotatable bonds is 6. The van der Waals surface area contributed by atoms with Crippen LogP contribution in [-0.4, -0.2) is 15.5 Å². The highest BCUT2D eigenvalue weighted by molar-refractivity contribution is 9.10. The molecule has 2 rings (SSSR count). The zero-order chi connectivity index (χ0) is 15.2. The molecule has 2 aromatic rings. The second-order valence-corrected chi connectivity index (χ2v) is 5.80. The van der Waals surface area contributed by atoms with Crippen molar-refractivity contribution in [1.82, 2.24) is 14.9 Å². The highest BCUT2D eigenvalue weighted by atomic mass is 79.9. The van der Waals surface area contributed by atoms with Crippen molar-refractivity contribution >= 4 is 21.8 Å². The van der Waals surface area contributed by atoms with E-state index in [4.69, 9.17) is 0 Å². The summed E-state index contributed by atoms with van der Waals surface area (Å²) in [6.45, 7) is 5.47. The van der Waals surface area contributed by atoms with Crippen LogP contribution in [0.25, 0.3) is 0 Å². The van der Waals surface area contributed by atoms with Crippen molar-refractivity contribution in [3.05, 3.63) is 52.0 Å². The molecule has 0 aliphatic rings. The number of carbonyl (C=O) groups is 1. The molecule has 4 nitrogen and oxygen atoms in total. The third kappa shape index (κ3) is 3.94. The van der Waals surface area contributed by atoms with Crippen LogP contribution in [0, 0.1) is 0 Å². The maximum Gasteiger partial charge on any atom is 0.268 e. The molecule has 0 aromatic carbocycles. The molecule has 0 bridgehead atoms. The average Bonchev–Trinajstić information content (AvgIpc) is 2.86. The molecular weight excluding hydrogens is 330 g/mol. The number of carbonyl (C=O) groups excluding carboxylic acids is 1. The predicted molar refractivity (Wildman–Crippen MR) is 87.2 cm³/mol. The molecule has 1 amide bonds. The summed E-state index contributed by atoms with van der Waals surface area (Å²) in [6.07, 6.45) is 5.60. The van der Waals surface area contributed by atoms with Gasteiger partial charge in [-0.3, -0.25) is 9.78 Å². The number of nitrogens with zero attached hydrogens (tertiary/aromatic N) is 2. The van der Waals surface area contributed by atoms with E-state index in [-0.39, 0.29) is 5.91 Å². The molecular formula is C16H20BrN3O. The largest absolute Gasteiger partial charge is 0.345 e. The van der Waals surface area contributed by atoms with E-state index >= 15 is 0 Å². The number of hydrogen-bond donors (Lipinski definition) is 1. The van der Waals surface area contributed by atoms with Crippen molar-refractivity contribution in [2.75, 3.05) is 0 Å². The van der Waals surface area contributed by atoms with E-state index in [2.05, 4.69) is 40.1 Å². The van der Waals surface area contributed by atoms with Gasteiger partial charge in [0.1, 0.15) is 5.69 Å². The Bertz CT molecular complexity index is 622. The smallest absolute Gasteiger partial charge is 0.268 e. The van der Waals surface area contributed by atoms with Crippen LogP contribution in [0.3, 0.4) is 0 Å². The maximum atomic E-state index is 12.3. The van der Waals surface area contributed by atoms with Crippen LogP contribution >= 0.6 is 15.9 Å². The van der Waals surface area contributed by atoms with E-state index < -0.39 is 0 Å². The highest BCUT2D eigenvalue weighted by Gasteiger charge is 2.13. The van der Waals surface area contributed by atoms with Gasteiger partial charge in [-0.15, -0.1) is 0 Å². The zero-order valence-corrected chi connectivity index (χ0v) is 14.0. The van der Waals surface area contributed by atoms with Crippen molar-refractivity contribution in [2.45, 2.75) is 39.8 Å². The van der Waals surface area contributed by atoms with E-state index in [1.807, 2.05) is 29.0 Å². The Morgan fingerprint density at radius 1 is 1.43 bits per heavy atom. The van der Waals surface area contributed by atoms with Crippen molar-refractivity contribution in [1.29, 1.82) is 0 Å². The Morgan fingerprint density at radius 2 is 2.24 bits per heavy atom. The van der Waals surface area contributed by atoms with Crippen LogP contribution in [0.15, 0.2) is 35.1 Å². The molecule has 0 aliphatic carbocycles. The van der Waals surface area contributed by atoms with Crippen LogP contribution < -0.4 is 5.32 Å². The fraction of sp³-hybridized carbons (Fsp3) is 0.375. The van der Waals surface area contributed by atoms with Crippen molar-refractivity contribution in [2.24, 2.45) is 0 Å². The van der Waals surface area contributed by atoms with Crippen molar-refractivity contribution in [3.63, 3.8) is 0 Å². The van der Waals surface area contributed by atoms with Gasteiger partial charge in [0, 0.05) is 23.4 Å². The van der Waals surface area contributed by atoms with Gasteiger partial charge in [0.25, 0.3) is 5.91 Å². The number of amides is 1. The Morgan fingerprint density at radius 3 is 2.95 bits per heavy atom. The summed E-state index contributed by atoms with van der Waals surface area (Å²) >= 11 is 3.43. The molecule has 2 aromatic heterocycles. The van der Waals surface area contributed by atoms with E-state index in [0.29, 0.717) is 12.2 Å². The lowest BCUT2D eigenvalue weighted by Crippen LogP contribution is -2.26. The molecule has 0 saturated heterocycles. The van der Waals surface area contributed by atoms with E-state index in [1.54, 1.807) is 6.20 Å². The van der Waals surface area contributed by atoms with Crippen LogP contribution in [0.4, 0.5) is 0 Å². The number of hydrogen-bond acceptors (Lipinski definition) is 2. The molecule has 2 heterocycles. The lowest BCUT2D eigenvalue weighted by atomic mass is 10.1. The van der Waals surface area contributed by atoms with Gasteiger partial charge < -0.3 is 9.88 Å². The Kier molecular flexibility index (Phi) is 5.56. The molecule has 21 heavy (non-hydrogen) atoms. The van der Waals surface area contributed by atoms with Gasteiger partial charge in [0.2, 0.25) is 0 Å². The van der Waals surface area contributed by atoms with Gasteiger partial charge in [-0.2, -0.15) is 0 Å². The van der Waals surface area contributed by atoms with Gasteiger partial charge in [-0.25, -0.2) is 0 Å². The predicted octanol–water partition coefficient (Wildman–Crippen LogP) is 3.55. The molecule has 0 fully saturated rings. The minimum atomic E-state index is -0.0677. The molecule has 0 unspecified atom stereocenters. The third-order valence-corrected chi connectivity index (χ3v) is 3.78. The molecule has 0 saturated carbocycles. The molecule has 1 N–H and O–H groups in total. The fourth-order valence-corrected chi connectivity index (χ4v) is 2.76. The number of aromatic nitrogens is 2. The third-order valence-electron chi connectivity index (χ3n) is 3.34. The second-order valence-electron chi connectivity index (χ2n) is 4.88. The summed E-state index contributed by atoms with van der Waals surface area (Å²) < 4.78 is 2.90. The monoisotopic (exact) mass is 349 g/mol. The summed E-state index contributed by atoms with van der Waals surface area (Å²) in [4.78, 5) is 16.7. The zero-order valence-electron chi connectivity index (χ0n) is 12.4. The first-order valence-corrected chi connectivity index (χ1v) is 8.01. The van der Waals surface area contributed by atoms with Gasteiger partial charge in [0.05, 0.1) is 12.2 Å². The maximum absolute atomic E-state index is 12.3. The standard InChI is InChI=1S/C16H20BrN3O/c1-3-8-20-11-13(17)9-15(20)16(21)19-10-14-12(4-2)6-5-7-18-14/h5-7,9,11H,3-4,8,10H2,1-2H3,(H,19,21). The van der Waals surface area contributed by atoms with Crippen LogP contribution in [-0.2, 0) is 19.5 Å². The van der Waals surface area contributed by atoms with Crippen LogP contribution in [0.1, 0.15) is 42.0 Å². The minimum Gasteiger partial charge on any atom is -0.345 e. The lowest BCUT2D eigenvalue weighted by Gasteiger charge is -2.10. The molecule has 0 aliphatic heterocycles. The van der Waals surface area contributed by atoms with Crippen molar-refractivity contribution < 1.29 is 4.79 Å². The number of aryl methyl sites for hydroxylation is 2. The molecule has 112 valence electrons. The molecule has 0 radical (unpaired) electrons. The summed E-state index contributed by atoms with van der Waals surface area (Å²) in [5.74, 6) is -0.0677.